The van der Waals surface area contributed by atoms with Crippen LogP contribution in [-0.4, -0.2) is 13.2 Å². The van der Waals surface area contributed by atoms with Crippen molar-refractivity contribution in [1.82, 2.24) is 0 Å². The second kappa shape index (κ2) is 13.4. The lowest BCUT2D eigenvalue weighted by Crippen LogP contribution is -1.93. The molecule has 0 rings (SSSR count). The van der Waals surface area contributed by atoms with Crippen molar-refractivity contribution >= 4 is 0 Å². The van der Waals surface area contributed by atoms with Gasteiger partial charge in [0.05, 0.1) is 13.2 Å². The van der Waals surface area contributed by atoms with Crippen LogP contribution in [0.25, 0.3) is 0 Å². The van der Waals surface area contributed by atoms with E-state index in [1.165, 1.54) is 0 Å². The molecule has 0 saturated heterocycles. The zero-order valence-corrected chi connectivity index (χ0v) is 12.7. The Kier molecular flexibility index (Phi) is 12.6. The van der Waals surface area contributed by atoms with Crippen molar-refractivity contribution in [2.45, 2.75) is 39.5 Å². The lowest BCUT2D eigenvalue weighted by molar-refractivity contribution is 0.193. The Morgan fingerprint density at radius 2 is 1.16 bits per heavy atom. The van der Waals surface area contributed by atoms with Gasteiger partial charge in [-0.05, 0) is 37.5 Å². The van der Waals surface area contributed by atoms with Gasteiger partial charge in [0.25, 0.3) is 0 Å². The van der Waals surface area contributed by atoms with Crippen LogP contribution in [0.3, 0.4) is 0 Å². The van der Waals surface area contributed by atoms with Crippen LogP contribution in [0.5, 0.6) is 0 Å². The summed E-state index contributed by atoms with van der Waals surface area (Å²) in [6.45, 7) is 13.4. The number of rotatable bonds is 12. The molecular weight excluding hydrogens is 232 g/mol. The van der Waals surface area contributed by atoms with Crippen LogP contribution >= 0.6 is 0 Å². The Hall–Kier alpha value is -1.08. The van der Waals surface area contributed by atoms with E-state index < -0.39 is 0 Å². The molecule has 0 radical (unpaired) electrons. The average Bonchev–Trinajstić information content (AvgIpc) is 2.37. The third kappa shape index (κ3) is 13.2. The number of hydrogen-bond donors (Lipinski definition) is 0. The summed E-state index contributed by atoms with van der Waals surface area (Å²) in [6, 6.07) is 0. The first kappa shape index (κ1) is 17.9. The van der Waals surface area contributed by atoms with Gasteiger partial charge < -0.3 is 4.74 Å². The molecule has 0 aliphatic carbocycles. The van der Waals surface area contributed by atoms with Crippen molar-refractivity contribution in [2.24, 2.45) is 11.8 Å². The van der Waals surface area contributed by atoms with Gasteiger partial charge in [0.2, 0.25) is 0 Å². The highest BCUT2D eigenvalue weighted by Crippen LogP contribution is 2.08. The smallest absolute Gasteiger partial charge is 0.0651 e. The second-order valence-electron chi connectivity index (χ2n) is 5.21. The molecular formula is C18H30O. The zero-order chi connectivity index (χ0) is 14.3. The topological polar surface area (TPSA) is 9.23 Å². The van der Waals surface area contributed by atoms with E-state index in [4.69, 9.17) is 4.74 Å². The van der Waals surface area contributed by atoms with Gasteiger partial charge in [-0.3, -0.25) is 0 Å². The molecule has 0 bridgehead atoms. The van der Waals surface area contributed by atoms with E-state index in [0.29, 0.717) is 25.0 Å². The molecule has 0 aliphatic heterocycles. The second-order valence-corrected chi connectivity index (χ2v) is 5.21. The molecule has 2 atom stereocenters. The molecule has 0 aromatic carbocycles. The minimum absolute atomic E-state index is 0.681. The summed E-state index contributed by atoms with van der Waals surface area (Å²) >= 11 is 0. The van der Waals surface area contributed by atoms with Crippen molar-refractivity contribution < 1.29 is 4.74 Å². The summed E-state index contributed by atoms with van der Waals surface area (Å²) in [5.74, 6) is 1.36. The predicted octanol–water partition coefficient (Wildman–Crippen LogP) is 5.32. The van der Waals surface area contributed by atoms with Gasteiger partial charge >= 0.3 is 0 Å². The van der Waals surface area contributed by atoms with Crippen molar-refractivity contribution in [1.29, 1.82) is 0 Å². The van der Waals surface area contributed by atoms with Crippen LogP contribution in [0.4, 0.5) is 0 Å². The molecule has 0 saturated carbocycles. The van der Waals surface area contributed by atoms with Crippen molar-refractivity contribution in [3.63, 3.8) is 0 Å². The van der Waals surface area contributed by atoms with Crippen LogP contribution in [0.15, 0.2) is 49.6 Å². The largest absolute Gasteiger partial charge is 0.373 e. The first-order valence-electron chi connectivity index (χ1n) is 7.30. The monoisotopic (exact) mass is 262 g/mol. The summed E-state index contributed by atoms with van der Waals surface area (Å²) in [4.78, 5) is 0. The summed E-state index contributed by atoms with van der Waals surface area (Å²) in [5.41, 5.74) is 0. The highest BCUT2D eigenvalue weighted by molar-refractivity contribution is 4.87. The maximum absolute atomic E-state index is 5.50. The Labute approximate surface area is 119 Å². The lowest BCUT2D eigenvalue weighted by Gasteiger charge is -2.04. The van der Waals surface area contributed by atoms with Crippen LogP contribution < -0.4 is 0 Å². The van der Waals surface area contributed by atoms with Gasteiger partial charge in [-0.2, -0.15) is 0 Å². The van der Waals surface area contributed by atoms with Gasteiger partial charge in [-0.1, -0.05) is 50.3 Å². The summed E-state index contributed by atoms with van der Waals surface area (Å²) in [5, 5.41) is 0. The highest BCUT2D eigenvalue weighted by Gasteiger charge is 1.95. The first-order valence-corrected chi connectivity index (χ1v) is 7.30. The summed E-state index contributed by atoms with van der Waals surface area (Å²) < 4.78 is 5.50. The molecule has 0 aliphatic rings. The fraction of sp³-hybridized carbons (Fsp3) is 0.556. The highest BCUT2D eigenvalue weighted by atomic mass is 16.5. The van der Waals surface area contributed by atoms with Crippen LogP contribution in [0, 0.1) is 11.8 Å². The quantitative estimate of drug-likeness (QED) is 0.341. The van der Waals surface area contributed by atoms with Crippen LogP contribution in [-0.2, 0) is 4.74 Å². The van der Waals surface area contributed by atoms with Crippen molar-refractivity contribution in [3.8, 4) is 0 Å². The maximum Gasteiger partial charge on any atom is 0.0651 e. The van der Waals surface area contributed by atoms with E-state index >= 15 is 0 Å². The fourth-order valence-corrected chi connectivity index (χ4v) is 1.76. The van der Waals surface area contributed by atoms with E-state index in [1.807, 2.05) is 12.2 Å². The maximum atomic E-state index is 5.50. The van der Waals surface area contributed by atoms with Crippen molar-refractivity contribution in [2.75, 3.05) is 13.2 Å². The van der Waals surface area contributed by atoms with E-state index in [2.05, 4.69) is 51.3 Å². The standard InChI is InChI=1S/C18H30O/c1-5-11-17(3)13-7-9-15-19-16-10-8-14-18(4)12-6-2/h5-10,17-18H,1-2,11-16H2,3-4H3/b9-7+,10-8+. The minimum atomic E-state index is 0.681. The van der Waals surface area contributed by atoms with Crippen molar-refractivity contribution in [3.05, 3.63) is 49.6 Å². The number of allylic oxidation sites excluding steroid dienone is 4. The van der Waals surface area contributed by atoms with E-state index in [1.54, 1.807) is 0 Å². The molecule has 1 nitrogen and oxygen atoms in total. The molecule has 108 valence electrons. The Balaban J connectivity index is 3.43. The molecule has 2 unspecified atom stereocenters. The Morgan fingerprint density at radius 3 is 1.53 bits per heavy atom. The molecule has 1 heteroatoms. The van der Waals surface area contributed by atoms with Gasteiger partial charge in [0.1, 0.15) is 0 Å². The molecule has 0 fully saturated rings. The molecule has 0 aromatic rings. The number of hydrogen-bond acceptors (Lipinski definition) is 1. The van der Waals surface area contributed by atoms with Crippen LogP contribution in [0.2, 0.25) is 0 Å². The van der Waals surface area contributed by atoms with E-state index in [9.17, 15) is 0 Å². The van der Waals surface area contributed by atoms with Gasteiger partial charge in [0.15, 0.2) is 0 Å². The zero-order valence-electron chi connectivity index (χ0n) is 12.7. The summed E-state index contributed by atoms with van der Waals surface area (Å²) in [6.07, 6.45) is 16.9. The number of ether oxygens (including phenoxy) is 1. The minimum Gasteiger partial charge on any atom is -0.373 e. The molecule has 0 spiro atoms. The van der Waals surface area contributed by atoms with E-state index in [-0.39, 0.29) is 0 Å². The molecule has 0 N–H and O–H groups in total. The third-order valence-corrected chi connectivity index (χ3v) is 2.98. The first-order chi connectivity index (χ1) is 9.20. The molecule has 19 heavy (non-hydrogen) atoms. The SMILES string of the molecule is C=CCC(C)C/C=C/COC/C=C/CC(C)CC=C. The van der Waals surface area contributed by atoms with Crippen LogP contribution in [0.1, 0.15) is 39.5 Å². The fourth-order valence-electron chi connectivity index (χ4n) is 1.76. The van der Waals surface area contributed by atoms with Gasteiger partial charge in [-0.15, -0.1) is 13.2 Å². The Morgan fingerprint density at radius 1 is 0.737 bits per heavy atom. The van der Waals surface area contributed by atoms with Gasteiger partial charge in [0, 0.05) is 0 Å². The Bertz CT molecular complexity index is 247. The molecule has 0 heterocycles. The lowest BCUT2D eigenvalue weighted by atomic mass is 10.0. The third-order valence-electron chi connectivity index (χ3n) is 2.98. The van der Waals surface area contributed by atoms with E-state index in [0.717, 1.165) is 25.7 Å². The normalized spacial score (nSPS) is 14.8. The predicted molar refractivity (Wildman–Crippen MR) is 86.3 cm³/mol. The molecule has 0 amide bonds. The average molecular weight is 262 g/mol. The summed E-state index contributed by atoms with van der Waals surface area (Å²) in [7, 11) is 0. The molecule has 0 aromatic heterocycles. The van der Waals surface area contributed by atoms with Gasteiger partial charge in [-0.25, -0.2) is 0 Å².